The number of carbonyl (C=O) groups excluding carboxylic acids is 1. The first-order valence-corrected chi connectivity index (χ1v) is 9.74. The average molecular weight is 378 g/mol. The number of rotatable bonds is 2. The van der Waals surface area contributed by atoms with Crippen molar-refractivity contribution in [1.82, 2.24) is 4.57 Å². The van der Waals surface area contributed by atoms with Gasteiger partial charge in [0.15, 0.2) is 5.78 Å². The zero-order chi connectivity index (χ0) is 19.3. The van der Waals surface area contributed by atoms with Crippen LogP contribution in [0.25, 0.3) is 16.9 Å². The lowest BCUT2D eigenvalue weighted by atomic mass is 9.76. The van der Waals surface area contributed by atoms with Crippen molar-refractivity contribution in [1.29, 1.82) is 0 Å². The van der Waals surface area contributed by atoms with Gasteiger partial charge in [0.05, 0.1) is 5.69 Å². The summed E-state index contributed by atoms with van der Waals surface area (Å²) in [6.45, 7) is 8.42. The molecule has 1 aliphatic carbocycles. The molecule has 2 nitrogen and oxygen atoms in total. The van der Waals surface area contributed by atoms with Gasteiger partial charge in [0.1, 0.15) is 0 Å². The lowest BCUT2D eigenvalue weighted by Crippen LogP contribution is -2.27. The van der Waals surface area contributed by atoms with Gasteiger partial charge >= 0.3 is 0 Å². The van der Waals surface area contributed by atoms with Gasteiger partial charge in [-0.05, 0) is 55.0 Å². The lowest BCUT2D eigenvalue weighted by molar-refractivity contribution is 0.0911. The molecule has 0 spiro atoms. The predicted molar refractivity (Wildman–Crippen MR) is 112 cm³/mol. The number of fused-ring (bicyclic) bond motifs is 1. The van der Waals surface area contributed by atoms with Crippen molar-refractivity contribution in [2.24, 2.45) is 5.41 Å². The molecule has 0 saturated carbocycles. The second-order valence-corrected chi connectivity index (χ2v) is 8.87. The fourth-order valence-electron chi connectivity index (χ4n) is 3.96. The SMILES string of the molecule is Cc1ccc(-c2cc3c(n2-c2ccc(C)c(Cl)c2)CC(C)(C)CC3=O)cc1. The molecule has 27 heavy (non-hydrogen) atoms. The van der Waals surface area contributed by atoms with Crippen LogP contribution in [0.1, 0.15) is 47.4 Å². The maximum Gasteiger partial charge on any atom is 0.165 e. The molecule has 1 aromatic heterocycles. The monoisotopic (exact) mass is 377 g/mol. The van der Waals surface area contributed by atoms with E-state index in [1.807, 2.05) is 19.1 Å². The Kier molecular flexibility index (Phi) is 4.27. The van der Waals surface area contributed by atoms with E-state index < -0.39 is 0 Å². The van der Waals surface area contributed by atoms with Gasteiger partial charge in [-0.25, -0.2) is 0 Å². The summed E-state index contributed by atoms with van der Waals surface area (Å²) in [5.74, 6) is 0.228. The highest BCUT2D eigenvalue weighted by atomic mass is 35.5. The molecule has 0 bridgehead atoms. The third kappa shape index (κ3) is 3.23. The Bertz CT molecular complexity index is 1040. The van der Waals surface area contributed by atoms with Crippen LogP contribution in [0.2, 0.25) is 5.02 Å². The highest BCUT2D eigenvalue weighted by molar-refractivity contribution is 6.31. The van der Waals surface area contributed by atoms with E-state index in [0.29, 0.717) is 6.42 Å². The van der Waals surface area contributed by atoms with Crippen molar-refractivity contribution in [2.75, 3.05) is 0 Å². The van der Waals surface area contributed by atoms with Crippen LogP contribution in [0.4, 0.5) is 0 Å². The minimum atomic E-state index is -0.0424. The van der Waals surface area contributed by atoms with Crippen LogP contribution in [-0.2, 0) is 6.42 Å². The van der Waals surface area contributed by atoms with E-state index in [0.717, 1.165) is 45.2 Å². The number of hydrogen-bond donors (Lipinski definition) is 0. The van der Waals surface area contributed by atoms with Gasteiger partial charge in [-0.1, -0.05) is 61.3 Å². The van der Waals surface area contributed by atoms with Crippen molar-refractivity contribution in [3.05, 3.63) is 75.9 Å². The van der Waals surface area contributed by atoms with Gasteiger partial charge < -0.3 is 4.57 Å². The largest absolute Gasteiger partial charge is 0.313 e. The second-order valence-electron chi connectivity index (χ2n) is 8.47. The molecule has 1 heterocycles. The van der Waals surface area contributed by atoms with E-state index in [2.05, 4.69) is 61.7 Å². The van der Waals surface area contributed by atoms with Gasteiger partial charge in [-0.2, -0.15) is 0 Å². The summed E-state index contributed by atoms with van der Waals surface area (Å²) >= 11 is 6.44. The smallest absolute Gasteiger partial charge is 0.165 e. The zero-order valence-electron chi connectivity index (χ0n) is 16.3. The molecular weight excluding hydrogens is 354 g/mol. The minimum Gasteiger partial charge on any atom is -0.313 e. The third-order valence-corrected chi connectivity index (χ3v) is 5.86. The number of aryl methyl sites for hydroxylation is 2. The number of halogens is 1. The van der Waals surface area contributed by atoms with Crippen LogP contribution < -0.4 is 0 Å². The second kappa shape index (κ2) is 6.38. The van der Waals surface area contributed by atoms with Crippen LogP contribution in [0, 0.1) is 19.3 Å². The van der Waals surface area contributed by atoms with Crippen LogP contribution in [0.15, 0.2) is 48.5 Å². The predicted octanol–water partition coefficient (Wildman–Crippen LogP) is 6.57. The fraction of sp³-hybridized carbons (Fsp3) is 0.292. The molecule has 0 amide bonds. The summed E-state index contributed by atoms with van der Waals surface area (Å²) in [6, 6.07) is 16.7. The van der Waals surface area contributed by atoms with Gasteiger partial charge in [-0.15, -0.1) is 0 Å². The number of Topliss-reactive ketones (excluding diaryl/α,β-unsaturated/α-hetero) is 1. The van der Waals surface area contributed by atoms with Gasteiger partial charge in [-0.3, -0.25) is 4.79 Å². The van der Waals surface area contributed by atoms with Crippen LogP contribution >= 0.6 is 11.6 Å². The molecule has 3 heteroatoms. The Morgan fingerprint density at radius 3 is 2.33 bits per heavy atom. The number of carbonyl (C=O) groups is 1. The molecule has 0 N–H and O–H groups in total. The molecule has 0 atom stereocenters. The molecule has 0 fully saturated rings. The number of ketones is 1. The Balaban J connectivity index is 2.00. The average Bonchev–Trinajstić information content (AvgIpc) is 2.96. The molecule has 2 aromatic carbocycles. The molecule has 0 unspecified atom stereocenters. The molecular formula is C24H24ClNO. The summed E-state index contributed by atoms with van der Waals surface area (Å²) in [4.78, 5) is 12.9. The summed E-state index contributed by atoms with van der Waals surface area (Å²) in [7, 11) is 0. The van der Waals surface area contributed by atoms with Crippen molar-refractivity contribution in [2.45, 2.75) is 40.5 Å². The van der Waals surface area contributed by atoms with Crippen LogP contribution in [-0.4, -0.2) is 10.4 Å². The standard InChI is InChI=1S/C24H24ClNO/c1-15-5-8-17(9-6-15)21-12-19-22(13-24(3,4)14-23(19)27)26(21)18-10-7-16(2)20(25)11-18/h5-12H,13-14H2,1-4H3. The Hall–Kier alpha value is -2.32. The van der Waals surface area contributed by atoms with E-state index in [1.165, 1.54) is 5.56 Å². The van der Waals surface area contributed by atoms with E-state index in [9.17, 15) is 4.79 Å². The molecule has 1 aliphatic rings. The van der Waals surface area contributed by atoms with Crippen molar-refractivity contribution in [3.8, 4) is 16.9 Å². The summed E-state index contributed by atoms with van der Waals surface area (Å²) in [6.07, 6.45) is 1.46. The molecule has 4 rings (SSSR count). The maximum absolute atomic E-state index is 12.9. The molecule has 0 aliphatic heterocycles. The fourth-order valence-corrected chi connectivity index (χ4v) is 4.14. The highest BCUT2D eigenvalue weighted by Gasteiger charge is 2.35. The van der Waals surface area contributed by atoms with E-state index in [-0.39, 0.29) is 11.2 Å². The van der Waals surface area contributed by atoms with E-state index in [4.69, 9.17) is 11.6 Å². The van der Waals surface area contributed by atoms with Crippen LogP contribution in [0.5, 0.6) is 0 Å². The number of nitrogens with zero attached hydrogens (tertiary/aromatic N) is 1. The van der Waals surface area contributed by atoms with Gasteiger partial charge in [0.2, 0.25) is 0 Å². The minimum absolute atomic E-state index is 0.0424. The zero-order valence-corrected chi connectivity index (χ0v) is 17.0. The van der Waals surface area contributed by atoms with Crippen LogP contribution in [0.3, 0.4) is 0 Å². The van der Waals surface area contributed by atoms with E-state index in [1.54, 1.807) is 0 Å². The van der Waals surface area contributed by atoms with Crippen molar-refractivity contribution < 1.29 is 4.79 Å². The van der Waals surface area contributed by atoms with Gasteiger partial charge in [0, 0.05) is 28.4 Å². The first-order valence-electron chi connectivity index (χ1n) is 9.36. The Morgan fingerprint density at radius 1 is 0.963 bits per heavy atom. The Morgan fingerprint density at radius 2 is 1.67 bits per heavy atom. The summed E-state index contributed by atoms with van der Waals surface area (Å²) < 4.78 is 2.23. The quantitative estimate of drug-likeness (QED) is 0.495. The molecule has 0 radical (unpaired) electrons. The maximum atomic E-state index is 12.9. The number of benzene rings is 2. The van der Waals surface area contributed by atoms with E-state index >= 15 is 0 Å². The lowest BCUT2D eigenvalue weighted by Gasteiger charge is -2.30. The molecule has 0 saturated heterocycles. The third-order valence-electron chi connectivity index (χ3n) is 5.45. The van der Waals surface area contributed by atoms with Gasteiger partial charge in [0.25, 0.3) is 0 Å². The number of hydrogen-bond acceptors (Lipinski definition) is 1. The molecule has 3 aromatic rings. The first-order chi connectivity index (χ1) is 12.7. The normalized spacial score (nSPS) is 15.7. The molecule has 138 valence electrons. The first kappa shape index (κ1) is 18.1. The Labute approximate surface area is 165 Å². The highest BCUT2D eigenvalue weighted by Crippen LogP contribution is 2.40. The topological polar surface area (TPSA) is 22.0 Å². The van der Waals surface area contributed by atoms with Crippen molar-refractivity contribution >= 4 is 17.4 Å². The summed E-state index contributed by atoms with van der Waals surface area (Å²) in [5, 5.41) is 0.742. The summed E-state index contributed by atoms with van der Waals surface area (Å²) in [5.41, 5.74) is 7.33. The van der Waals surface area contributed by atoms with Crippen molar-refractivity contribution in [3.63, 3.8) is 0 Å². The number of aromatic nitrogens is 1.